The second kappa shape index (κ2) is 5.59. The molecule has 2 unspecified atom stereocenters. The largest absolute Gasteiger partial charge is 0.0861 e. The molecule has 19 heavy (non-hydrogen) atoms. The minimum atomic E-state index is 0.239. The fourth-order valence-corrected chi connectivity index (χ4v) is 2.47. The normalized spacial score (nSPS) is 24.3. The van der Waals surface area contributed by atoms with Gasteiger partial charge >= 0.3 is 0 Å². The van der Waals surface area contributed by atoms with Gasteiger partial charge < -0.3 is 0 Å². The van der Waals surface area contributed by atoms with Crippen LogP contribution in [0, 0.1) is 17.8 Å². The topological polar surface area (TPSA) is 0 Å². The zero-order chi connectivity index (χ0) is 12.9. The maximum Gasteiger partial charge on any atom is 0.0636 e. The van der Waals surface area contributed by atoms with E-state index in [1.807, 2.05) is 12.2 Å². The van der Waals surface area contributed by atoms with E-state index in [9.17, 15) is 0 Å². The molecule has 0 bridgehead atoms. The van der Waals surface area contributed by atoms with Crippen molar-refractivity contribution in [2.45, 2.75) is 12.3 Å². The zero-order valence-electron chi connectivity index (χ0n) is 10.8. The van der Waals surface area contributed by atoms with E-state index in [0.29, 0.717) is 5.92 Å². The van der Waals surface area contributed by atoms with Crippen molar-refractivity contribution in [2.24, 2.45) is 5.92 Å². The number of benzene rings is 1. The first-order valence-corrected chi connectivity index (χ1v) is 6.71. The highest BCUT2D eigenvalue weighted by molar-refractivity contribution is 5.42. The maximum atomic E-state index is 3.26. The molecule has 2 atom stereocenters. The molecule has 1 aromatic carbocycles. The van der Waals surface area contributed by atoms with Crippen molar-refractivity contribution in [1.82, 2.24) is 0 Å². The third-order valence-electron chi connectivity index (χ3n) is 3.55. The summed E-state index contributed by atoms with van der Waals surface area (Å²) >= 11 is 0. The smallest absolute Gasteiger partial charge is 0.0636 e. The zero-order valence-corrected chi connectivity index (χ0v) is 10.8. The van der Waals surface area contributed by atoms with Gasteiger partial charge in [-0.3, -0.25) is 0 Å². The van der Waals surface area contributed by atoms with Crippen molar-refractivity contribution in [2.75, 3.05) is 0 Å². The van der Waals surface area contributed by atoms with Gasteiger partial charge in [-0.25, -0.2) is 0 Å². The van der Waals surface area contributed by atoms with Crippen LogP contribution in [0.25, 0.3) is 0 Å². The summed E-state index contributed by atoms with van der Waals surface area (Å²) in [7, 11) is 0. The van der Waals surface area contributed by atoms with E-state index in [2.05, 4.69) is 72.6 Å². The molecular weight excluding hydrogens is 228 g/mol. The standard InChI is InChI=1S/C19H16/c1-2-5-9-16(8-4-1)18-12-14-19(15-13-18)17-10-6-3-7-11-17/h1-4,6-8,10-14,16,19H,15H2. The summed E-state index contributed by atoms with van der Waals surface area (Å²) in [5.74, 6) is 7.08. The second-order valence-corrected chi connectivity index (χ2v) is 4.83. The number of hydrogen-bond donors (Lipinski definition) is 0. The van der Waals surface area contributed by atoms with Gasteiger partial charge in [0.15, 0.2) is 0 Å². The van der Waals surface area contributed by atoms with Crippen molar-refractivity contribution >= 4 is 0 Å². The van der Waals surface area contributed by atoms with Crippen molar-refractivity contribution in [3.63, 3.8) is 0 Å². The second-order valence-electron chi connectivity index (χ2n) is 4.83. The van der Waals surface area contributed by atoms with E-state index in [0.717, 1.165) is 6.42 Å². The lowest BCUT2D eigenvalue weighted by atomic mass is 9.86. The highest BCUT2D eigenvalue weighted by Crippen LogP contribution is 2.29. The van der Waals surface area contributed by atoms with Crippen LogP contribution in [0.2, 0.25) is 0 Å². The highest BCUT2D eigenvalue weighted by Gasteiger charge is 2.14. The lowest BCUT2D eigenvalue weighted by Crippen LogP contribution is -2.03. The molecule has 0 radical (unpaired) electrons. The molecule has 0 aliphatic heterocycles. The van der Waals surface area contributed by atoms with Crippen molar-refractivity contribution in [1.29, 1.82) is 0 Å². The molecule has 3 rings (SSSR count). The van der Waals surface area contributed by atoms with Crippen LogP contribution in [0.4, 0.5) is 0 Å². The van der Waals surface area contributed by atoms with E-state index in [1.54, 1.807) is 0 Å². The molecule has 0 saturated carbocycles. The van der Waals surface area contributed by atoms with Crippen LogP contribution in [0.3, 0.4) is 0 Å². The third-order valence-corrected chi connectivity index (χ3v) is 3.55. The van der Waals surface area contributed by atoms with Crippen molar-refractivity contribution < 1.29 is 0 Å². The van der Waals surface area contributed by atoms with Gasteiger partial charge in [-0.05, 0) is 23.6 Å². The first kappa shape index (κ1) is 11.8. The van der Waals surface area contributed by atoms with Crippen LogP contribution >= 0.6 is 0 Å². The Kier molecular flexibility index (Phi) is 3.47. The SMILES string of the molecule is C1#CC(C2=CCC(c3ccccc3)C=C2)C=CC=C1. The number of rotatable bonds is 2. The summed E-state index contributed by atoms with van der Waals surface area (Å²) in [6.07, 6.45) is 16.0. The monoisotopic (exact) mass is 244 g/mol. The van der Waals surface area contributed by atoms with Gasteiger partial charge in [0, 0.05) is 5.92 Å². The van der Waals surface area contributed by atoms with E-state index < -0.39 is 0 Å². The highest BCUT2D eigenvalue weighted by atomic mass is 14.2. The van der Waals surface area contributed by atoms with Crippen LogP contribution < -0.4 is 0 Å². The predicted octanol–water partition coefficient (Wildman–Crippen LogP) is 4.40. The predicted molar refractivity (Wildman–Crippen MR) is 80.6 cm³/mol. The van der Waals surface area contributed by atoms with Crippen molar-refractivity contribution in [3.05, 3.63) is 84.0 Å². The van der Waals surface area contributed by atoms with Gasteiger partial charge in [0.2, 0.25) is 0 Å². The Bertz CT molecular complexity index is 615. The summed E-state index contributed by atoms with van der Waals surface area (Å²) < 4.78 is 0. The van der Waals surface area contributed by atoms with E-state index in [1.165, 1.54) is 11.1 Å². The number of hydrogen-bond acceptors (Lipinski definition) is 0. The van der Waals surface area contributed by atoms with Crippen LogP contribution in [-0.2, 0) is 0 Å². The fourth-order valence-electron chi connectivity index (χ4n) is 2.47. The summed E-state index contributed by atoms with van der Waals surface area (Å²) in [6, 6.07) is 10.7. The fraction of sp³-hybridized carbons (Fsp3) is 0.158. The molecule has 0 heterocycles. The molecule has 0 spiro atoms. The Morgan fingerprint density at radius 2 is 1.89 bits per heavy atom. The van der Waals surface area contributed by atoms with Gasteiger partial charge in [-0.2, -0.15) is 0 Å². The summed E-state index contributed by atoms with van der Waals surface area (Å²) in [5, 5.41) is 0. The first-order valence-electron chi connectivity index (χ1n) is 6.71. The lowest BCUT2D eigenvalue weighted by Gasteiger charge is -2.18. The molecule has 0 aromatic heterocycles. The summed E-state index contributed by atoms with van der Waals surface area (Å²) in [4.78, 5) is 0. The van der Waals surface area contributed by atoms with E-state index >= 15 is 0 Å². The molecule has 1 aromatic rings. The van der Waals surface area contributed by atoms with Gasteiger partial charge in [0.05, 0.1) is 5.92 Å². The molecule has 0 amide bonds. The number of allylic oxidation sites excluding steroid dienone is 8. The van der Waals surface area contributed by atoms with Gasteiger partial charge in [-0.15, -0.1) is 0 Å². The van der Waals surface area contributed by atoms with Crippen molar-refractivity contribution in [3.8, 4) is 11.8 Å². The maximum absolute atomic E-state index is 3.26. The van der Waals surface area contributed by atoms with E-state index in [-0.39, 0.29) is 5.92 Å². The van der Waals surface area contributed by atoms with Crippen LogP contribution in [0.15, 0.2) is 78.4 Å². The molecular formula is C19H16. The Morgan fingerprint density at radius 1 is 1.00 bits per heavy atom. The Morgan fingerprint density at radius 3 is 2.68 bits per heavy atom. The van der Waals surface area contributed by atoms with Crippen LogP contribution in [0.1, 0.15) is 17.9 Å². The van der Waals surface area contributed by atoms with Gasteiger partial charge in [0.25, 0.3) is 0 Å². The average Bonchev–Trinajstić information content (AvgIpc) is 2.77. The van der Waals surface area contributed by atoms with E-state index in [4.69, 9.17) is 0 Å². The molecule has 0 nitrogen and oxygen atoms in total. The summed E-state index contributed by atoms with van der Waals surface area (Å²) in [6.45, 7) is 0. The lowest BCUT2D eigenvalue weighted by molar-refractivity contribution is 0.828. The molecule has 0 N–H and O–H groups in total. The Hall–Kier alpha value is -2.26. The average molecular weight is 244 g/mol. The molecule has 2 aliphatic carbocycles. The minimum Gasteiger partial charge on any atom is -0.0861 e. The van der Waals surface area contributed by atoms with Crippen LogP contribution in [0.5, 0.6) is 0 Å². The van der Waals surface area contributed by atoms with Crippen LogP contribution in [-0.4, -0.2) is 0 Å². The molecule has 92 valence electrons. The Labute approximate surface area is 114 Å². The molecule has 0 fully saturated rings. The minimum absolute atomic E-state index is 0.239. The molecule has 0 heteroatoms. The third kappa shape index (κ3) is 2.77. The Balaban J connectivity index is 1.74. The molecule has 2 aliphatic rings. The van der Waals surface area contributed by atoms with Gasteiger partial charge in [-0.1, -0.05) is 78.6 Å². The quantitative estimate of drug-likeness (QED) is 0.676. The van der Waals surface area contributed by atoms with Gasteiger partial charge in [0.1, 0.15) is 0 Å². The molecule has 0 saturated heterocycles. The first-order chi connectivity index (χ1) is 9.43. The summed E-state index contributed by atoms with van der Waals surface area (Å²) in [5.41, 5.74) is 2.71.